The van der Waals surface area contributed by atoms with Crippen LogP contribution in [0.3, 0.4) is 0 Å². The third kappa shape index (κ3) is 5.65. The summed E-state index contributed by atoms with van der Waals surface area (Å²) in [6.45, 7) is 2.80. The largest absolute Gasteiger partial charge is 0.497 e. The van der Waals surface area contributed by atoms with E-state index in [1.165, 1.54) is 11.3 Å². The predicted octanol–water partition coefficient (Wildman–Crippen LogP) is 3.21. The van der Waals surface area contributed by atoms with Gasteiger partial charge in [-0.1, -0.05) is 0 Å². The van der Waals surface area contributed by atoms with E-state index in [0.29, 0.717) is 18.0 Å². The highest BCUT2D eigenvalue weighted by atomic mass is 35.5. The van der Waals surface area contributed by atoms with Gasteiger partial charge in [-0.25, -0.2) is 4.98 Å². The van der Waals surface area contributed by atoms with Gasteiger partial charge in [0, 0.05) is 25.3 Å². The molecule has 27 heavy (non-hydrogen) atoms. The molecule has 2 heterocycles. The number of nitrogens with zero attached hydrogens (tertiary/aromatic N) is 2. The van der Waals surface area contributed by atoms with Crippen molar-refractivity contribution in [3.05, 3.63) is 35.3 Å². The Hall–Kier alpha value is -1.67. The van der Waals surface area contributed by atoms with Gasteiger partial charge in [-0.05, 0) is 50.1 Å². The minimum Gasteiger partial charge on any atom is -0.497 e. The normalized spacial score (nSPS) is 14.7. The van der Waals surface area contributed by atoms with Crippen LogP contribution in [0.4, 0.5) is 0 Å². The van der Waals surface area contributed by atoms with Gasteiger partial charge in [0.1, 0.15) is 15.6 Å². The molecule has 3 rings (SSSR count). The number of ether oxygens (including phenoxy) is 2. The van der Waals surface area contributed by atoms with Crippen molar-refractivity contribution in [1.29, 1.82) is 0 Å². The van der Waals surface area contributed by atoms with E-state index in [1.807, 2.05) is 29.2 Å². The monoisotopic (exact) mass is 411 g/mol. The molecule has 0 radical (unpaired) electrons. The zero-order valence-electron chi connectivity index (χ0n) is 15.4. The van der Waals surface area contributed by atoms with E-state index >= 15 is 0 Å². The number of piperidine rings is 1. The maximum atomic E-state index is 12.7. The van der Waals surface area contributed by atoms with E-state index in [-0.39, 0.29) is 24.4 Å². The Bertz CT molecular complexity index is 715. The number of likely N-dealkylation sites (tertiary alicyclic amines) is 1. The number of carbonyl (C=O) groups is 1. The molecule has 148 valence electrons. The smallest absolute Gasteiger partial charge is 0.265 e. The third-order valence-corrected chi connectivity index (χ3v) is 5.52. The van der Waals surface area contributed by atoms with Crippen LogP contribution in [0, 0.1) is 0 Å². The molecule has 2 N–H and O–H groups in total. The van der Waals surface area contributed by atoms with Crippen LogP contribution < -0.4 is 10.5 Å². The Kier molecular flexibility index (Phi) is 8.50. The first kappa shape index (κ1) is 21.6. The number of hydrogen-bond acceptors (Lipinski definition) is 6. The van der Waals surface area contributed by atoms with Crippen LogP contribution >= 0.6 is 23.7 Å². The summed E-state index contributed by atoms with van der Waals surface area (Å²) in [4.78, 5) is 19.7. The molecule has 1 aromatic carbocycles. The molecule has 1 fully saturated rings. The van der Waals surface area contributed by atoms with Crippen LogP contribution in [0.25, 0.3) is 10.6 Å². The molecule has 1 aliphatic heterocycles. The number of amides is 1. The molecule has 0 unspecified atom stereocenters. The summed E-state index contributed by atoms with van der Waals surface area (Å²) in [5.74, 6) is 0.862. The first-order chi connectivity index (χ1) is 12.7. The second-order valence-corrected chi connectivity index (χ2v) is 7.29. The number of thiazole rings is 1. The lowest BCUT2D eigenvalue weighted by Gasteiger charge is -2.31. The Morgan fingerprint density at radius 3 is 2.63 bits per heavy atom. The van der Waals surface area contributed by atoms with Gasteiger partial charge in [-0.3, -0.25) is 4.79 Å². The zero-order valence-corrected chi connectivity index (χ0v) is 17.1. The van der Waals surface area contributed by atoms with Gasteiger partial charge in [-0.2, -0.15) is 0 Å². The average Bonchev–Trinajstić information content (AvgIpc) is 3.18. The summed E-state index contributed by atoms with van der Waals surface area (Å²) in [7, 11) is 1.64. The minimum absolute atomic E-state index is 0. The van der Waals surface area contributed by atoms with Crippen molar-refractivity contribution in [3.63, 3.8) is 0 Å². The molecular weight excluding hydrogens is 386 g/mol. The van der Waals surface area contributed by atoms with Crippen molar-refractivity contribution in [2.45, 2.75) is 25.4 Å². The van der Waals surface area contributed by atoms with Crippen LogP contribution in [0.15, 0.2) is 30.5 Å². The molecule has 1 amide bonds. The number of aromatic nitrogens is 1. The van der Waals surface area contributed by atoms with E-state index in [2.05, 4.69) is 4.98 Å². The molecule has 6 nitrogen and oxygen atoms in total. The van der Waals surface area contributed by atoms with Gasteiger partial charge < -0.3 is 20.1 Å². The number of halogens is 1. The van der Waals surface area contributed by atoms with Crippen LogP contribution in [0.5, 0.6) is 5.75 Å². The number of rotatable bonds is 7. The van der Waals surface area contributed by atoms with Gasteiger partial charge in [0.2, 0.25) is 0 Å². The SMILES string of the molecule is COc1ccc(-c2ncc(C(=O)N3CCC(OCCCN)CC3)s2)cc1.Cl. The highest BCUT2D eigenvalue weighted by Gasteiger charge is 2.25. The van der Waals surface area contributed by atoms with Crippen molar-refractivity contribution >= 4 is 29.7 Å². The number of carbonyl (C=O) groups excluding carboxylic acids is 1. The summed E-state index contributed by atoms with van der Waals surface area (Å²) in [6.07, 6.45) is 4.55. The second kappa shape index (κ2) is 10.6. The zero-order chi connectivity index (χ0) is 18.4. The van der Waals surface area contributed by atoms with Gasteiger partial charge in [0.05, 0.1) is 19.4 Å². The van der Waals surface area contributed by atoms with Crippen molar-refractivity contribution in [3.8, 4) is 16.3 Å². The van der Waals surface area contributed by atoms with E-state index in [4.69, 9.17) is 15.2 Å². The van der Waals surface area contributed by atoms with Crippen molar-refractivity contribution in [2.75, 3.05) is 33.4 Å². The standard InChI is InChI=1S/C19H25N3O3S.ClH/c1-24-15-5-3-14(4-6-15)18-21-13-17(26-18)19(23)22-10-7-16(8-11-22)25-12-2-9-20;/h3-6,13,16H,2,7-12,20H2,1H3;1H. The summed E-state index contributed by atoms with van der Waals surface area (Å²) in [6, 6.07) is 7.70. The lowest BCUT2D eigenvalue weighted by atomic mass is 10.1. The fourth-order valence-corrected chi connectivity index (χ4v) is 3.84. The topological polar surface area (TPSA) is 77.7 Å². The molecule has 0 atom stereocenters. The van der Waals surface area contributed by atoms with E-state index in [0.717, 1.165) is 48.7 Å². The summed E-state index contributed by atoms with van der Waals surface area (Å²) < 4.78 is 11.0. The van der Waals surface area contributed by atoms with Crippen LogP contribution in [-0.2, 0) is 4.74 Å². The number of hydrogen-bond donors (Lipinski definition) is 1. The summed E-state index contributed by atoms with van der Waals surface area (Å²) >= 11 is 1.43. The maximum absolute atomic E-state index is 12.7. The van der Waals surface area contributed by atoms with E-state index in [9.17, 15) is 4.79 Å². The van der Waals surface area contributed by atoms with Crippen molar-refractivity contribution in [2.24, 2.45) is 5.73 Å². The molecular formula is C19H26ClN3O3S. The summed E-state index contributed by atoms with van der Waals surface area (Å²) in [5.41, 5.74) is 6.47. The van der Waals surface area contributed by atoms with Gasteiger partial charge in [0.25, 0.3) is 5.91 Å². The highest BCUT2D eigenvalue weighted by Crippen LogP contribution is 2.28. The molecule has 0 saturated carbocycles. The van der Waals surface area contributed by atoms with Crippen LogP contribution in [0.1, 0.15) is 28.9 Å². The lowest BCUT2D eigenvalue weighted by Crippen LogP contribution is -2.40. The number of benzene rings is 1. The quantitative estimate of drug-likeness (QED) is 0.708. The maximum Gasteiger partial charge on any atom is 0.265 e. The Morgan fingerprint density at radius 1 is 1.30 bits per heavy atom. The molecule has 1 aromatic heterocycles. The molecule has 0 bridgehead atoms. The highest BCUT2D eigenvalue weighted by molar-refractivity contribution is 7.16. The molecule has 8 heteroatoms. The van der Waals surface area contributed by atoms with E-state index < -0.39 is 0 Å². The number of methoxy groups -OCH3 is 1. The van der Waals surface area contributed by atoms with Crippen molar-refractivity contribution < 1.29 is 14.3 Å². The fourth-order valence-electron chi connectivity index (χ4n) is 2.95. The van der Waals surface area contributed by atoms with Gasteiger partial charge in [0.15, 0.2) is 0 Å². The Morgan fingerprint density at radius 2 is 2.00 bits per heavy atom. The average molecular weight is 412 g/mol. The summed E-state index contributed by atoms with van der Waals surface area (Å²) in [5, 5.41) is 0.844. The van der Waals surface area contributed by atoms with Crippen LogP contribution in [0.2, 0.25) is 0 Å². The van der Waals surface area contributed by atoms with E-state index in [1.54, 1.807) is 13.3 Å². The molecule has 1 saturated heterocycles. The number of nitrogens with two attached hydrogens (primary N) is 1. The van der Waals surface area contributed by atoms with Gasteiger partial charge in [-0.15, -0.1) is 23.7 Å². The first-order valence-corrected chi connectivity index (χ1v) is 9.74. The minimum atomic E-state index is 0. The second-order valence-electron chi connectivity index (χ2n) is 6.26. The third-order valence-electron chi connectivity index (χ3n) is 4.48. The van der Waals surface area contributed by atoms with Gasteiger partial charge >= 0.3 is 0 Å². The predicted molar refractivity (Wildman–Crippen MR) is 110 cm³/mol. The first-order valence-electron chi connectivity index (χ1n) is 8.92. The molecule has 0 aliphatic carbocycles. The Labute approximate surface area is 170 Å². The van der Waals surface area contributed by atoms with Crippen LogP contribution in [-0.4, -0.2) is 55.2 Å². The fraction of sp³-hybridized carbons (Fsp3) is 0.474. The molecule has 1 aliphatic rings. The molecule has 0 spiro atoms. The van der Waals surface area contributed by atoms with Crippen molar-refractivity contribution in [1.82, 2.24) is 9.88 Å². The Balaban J connectivity index is 0.00000261. The molecule has 2 aromatic rings. The lowest BCUT2D eigenvalue weighted by molar-refractivity contribution is 0.00857.